The van der Waals surface area contributed by atoms with Crippen molar-refractivity contribution in [1.29, 1.82) is 5.41 Å². The third-order valence-electron chi connectivity index (χ3n) is 7.06. The average Bonchev–Trinajstić information content (AvgIpc) is 3.74. The van der Waals surface area contributed by atoms with E-state index in [4.69, 9.17) is 5.41 Å². The smallest absolute Gasteiger partial charge is 0.243 e. The Morgan fingerprint density at radius 2 is 1.76 bits per heavy atom. The molecule has 2 aromatic carbocycles. The van der Waals surface area contributed by atoms with Crippen molar-refractivity contribution in [2.24, 2.45) is 11.8 Å². The Bertz CT molecular complexity index is 1120. The number of carbonyl (C=O) groups is 3. The number of fused-ring (bicyclic) bond motifs is 1. The highest BCUT2D eigenvalue weighted by molar-refractivity contribution is 6.45. The van der Waals surface area contributed by atoms with Gasteiger partial charge in [0.1, 0.15) is 11.8 Å². The molecule has 33 heavy (non-hydrogen) atoms. The second-order valence-corrected chi connectivity index (χ2v) is 9.35. The van der Waals surface area contributed by atoms with Gasteiger partial charge in [-0.25, -0.2) is 0 Å². The molecule has 0 aromatic heterocycles. The summed E-state index contributed by atoms with van der Waals surface area (Å²) in [6.07, 6.45) is 1.94. The van der Waals surface area contributed by atoms with Crippen LogP contribution in [0.2, 0.25) is 0 Å². The van der Waals surface area contributed by atoms with Crippen molar-refractivity contribution in [3.05, 3.63) is 65.7 Å². The molecule has 3 N–H and O–H groups in total. The van der Waals surface area contributed by atoms with Crippen molar-refractivity contribution in [1.82, 2.24) is 10.2 Å². The molecule has 1 saturated heterocycles. The average molecular weight is 445 g/mol. The minimum absolute atomic E-state index is 0.0154. The summed E-state index contributed by atoms with van der Waals surface area (Å²) >= 11 is 0. The fourth-order valence-corrected chi connectivity index (χ4v) is 5.07. The van der Waals surface area contributed by atoms with Crippen molar-refractivity contribution >= 4 is 29.0 Å². The molecule has 5 rings (SSSR count). The molecular weight excluding hydrogens is 416 g/mol. The lowest BCUT2D eigenvalue weighted by molar-refractivity contribution is -0.138. The van der Waals surface area contributed by atoms with Crippen LogP contribution in [0.4, 0.5) is 5.69 Å². The van der Waals surface area contributed by atoms with Gasteiger partial charge in [-0.2, -0.15) is 0 Å². The lowest BCUT2D eigenvalue weighted by Gasteiger charge is -2.27. The Morgan fingerprint density at radius 1 is 1.03 bits per heavy atom. The summed E-state index contributed by atoms with van der Waals surface area (Å²) < 4.78 is 0. The first-order chi connectivity index (χ1) is 15.9. The van der Waals surface area contributed by atoms with E-state index in [9.17, 15) is 14.4 Å². The molecule has 7 heteroatoms. The predicted molar refractivity (Wildman–Crippen MR) is 125 cm³/mol. The molecule has 2 aliphatic carbocycles. The van der Waals surface area contributed by atoms with E-state index in [-0.39, 0.29) is 41.8 Å². The van der Waals surface area contributed by atoms with Gasteiger partial charge in [-0.1, -0.05) is 48.5 Å². The van der Waals surface area contributed by atoms with E-state index in [2.05, 4.69) is 22.8 Å². The van der Waals surface area contributed by atoms with Gasteiger partial charge in [0, 0.05) is 36.7 Å². The number of hydrogen-bond donors (Lipinski definition) is 3. The van der Waals surface area contributed by atoms with Crippen molar-refractivity contribution in [3.8, 4) is 0 Å². The van der Waals surface area contributed by atoms with Gasteiger partial charge in [-0.15, -0.1) is 0 Å². The molecule has 0 radical (unpaired) electrons. The summed E-state index contributed by atoms with van der Waals surface area (Å²) in [5.41, 5.74) is 2.19. The molecule has 0 bridgehead atoms. The molecule has 170 valence electrons. The van der Waals surface area contributed by atoms with E-state index >= 15 is 0 Å². The highest BCUT2D eigenvalue weighted by atomic mass is 16.2. The zero-order valence-corrected chi connectivity index (χ0v) is 18.6. The minimum Gasteiger partial charge on any atom is -0.376 e. The number of hydrogen-bond acceptors (Lipinski definition) is 5. The van der Waals surface area contributed by atoms with Crippen LogP contribution < -0.4 is 10.6 Å². The molecular formula is C26H28N4O3. The fraction of sp³-hybridized carbons (Fsp3) is 0.385. The minimum atomic E-state index is -0.410. The lowest BCUT2D eigenvalue weighted by atomic mass is 10.1. The first kappa shape index (κ1) is 21.4. The molecule has 5 atom stereocenters. The van der Waals surface area contributed by atoms with Crippen LogP contribution in [0.3, 0.4) is 0 Å². The van der Waals surface area contributed by atoms with Crippen molar-refractivity contribution in [2.75, 3.05) is 18.4 Å². The highest BCUT2D eigenvalue weighted by Crippen LogP contribution is 2.50. The van der Waals surface area contributed by atoms with Gasteiger partial charge in [-0.3, -0.25) is 19.8 Å². The third-order valence-corrected chi connectivity index (χ3v) is 7.06. The van der Waals surface area contributed by atoms with Gasteiger partial charge in [0.15, 0.2) is 5.78 Å². The SMILES string of the molecule is CC(=O)C(=N)c1ccccc1NCC(=O)N1CC2CC2C1C(=O)NC1CC1c1ccccc1. The topological polar surface area (TPSA) is 102 Å². The number of likely N-dealkylation sites (tertiary alicyclic amines) is 1. The first-order valence-electron chi connectivity index (χ1n) is 11.5. The van der Waals surface area contributed by atoms with Gasteiger partial charge >= 0.3 is 0 Å². The first-order valence-corrected chi connectivity index (χ1v) is 11.5. The quantitative estimate of drug-likeness (QED) is 0.545. The molecule has 0 spiro atoms. The number of piperidine rings is 1. The van der Waals surface area contributed by atoms with E-state index in [0.29, 0.717) is 29.6 Å². The Morgan fingerprint density at radius 3 is 2.52 bits per heavy atom. The summed E-state index contributed by atoms with van der Waals surface area (Å²) in [5, 5.41) is 14.3. The number of nitrogens with one attached hydrogen (secondary N) is 3. The van der Waals surface area contributed by atoms with E-state index in [1.165, 1.54) is 12.5 Å². The molecule has 3 fully saturated rings. The van der Waals surface area contributed by atoms with Gasteiger partial charge in [0.2, 0.25) is 11.8 Å². The summed E-state index contributed by atoms with van der Waals surface area (Å²) in [7, 11) is 0. The molecule has 2 amide bonds. The van der Waals surface area contributed by atoms with Gasteiger partial charge < -0.3 is 15.5 Å². The zero-order chi connectivity index (χ0) is 23.1. The molecule has 3 aliphatic rings. The van der Waals surface area contributed by atoms with Crippen LogP contribution in [0.15, 0.2) is 54.6 Å². The highest BCUT2D eigenvalue weighted by Gasteiger charge is 2.57. The molecule has 1 heterocycles. The summed E-state index contributed by atoms with van der Waals surface area (Å²) in [6.45, 7) is 1.98. The molecule has 5 unspecified atom stereocenters. The maximum atomic E-state index is 13.1. The summed E-state index contributed by atoms with van der Waals surface area (Å²) in [4.78, 5) is 39.5. The summed E-state index contributed by atoms with van der Waals surface area (Å²) in [5.74, 6) is 0.497. The number of rotatable bonds is 8. The van der Waals surface area contributed by atoms with E-state index < -0.39 is 6.04 Å². The lowest BCUT2D eigenvalue weighted by Crippen LogP contribution is -2.50. The number of para-hydroxylation sites is 1. The van der Waals surface area contributed by atoms with E-state index in [1.807, 2.05) is 18.2 Å². The standard InChI is InChI=1S/C26H28N4O3/c1-15(31)24(27)18-9-5-6-10-21(18)28-13-23(32)30-14-17-11-20(17)25(30)26(33)29-22-12-19(22)16-7-3-2-4-8-16/h2-10,17,19-20,22,25,27-28H,11-14H2,1H3,(H,29,33). The largest absolute Gasteiger partial charge is 0.376 e. The van der Waals surface area contributed by atoms with Crippen LogP contribution in [-0.4, -0.2) is 53.4 Å². The third kappa shape index (κ3) is 4.27. The number of ketones is 1. The Hall–Kier alpha value is -3.48. The fourth-order valence-electron chi connectivity index (χ4n) is 5.07. The van der Waals surface area contributed by atoms with Crippen molar-refractivity contribution in [3.63, 3.8) is 0 Å². The van der Waals surface area contributed by atoms with Crippen molar-refractivity contribution in [2.45, 2.75) is 37.8 Å². The predicted octanol–water partition coefficient (Wildman–Crippen LogP) is 2.57. The maximum absolute atomic E-state index is 13.1. The van der Waals surface area contributed by atoms with Crippen LogP contribution in [0.25, 0.3) is 0 Å². The van der Waals surface area contributed by atoms with E-state index in [0.717, 1.165) is 12.8 Å². The molecule has 1 aliphatic heterocycles. The summed E-state index contributed by atoms with van der Waals surface area (Å²) in [6, 6.07) is 16.9. The van der Waals surface area contributed by atoms with Gasteiger partial charge in [0.05, 0.1) is 6.54 Å². The number of nitrogens with zero attached hydrogens (tertiary/aromatic N) is 1. The van der Waals surface area contributed by atoms with Crippen LogP contribution in [0.1, 0.15) is 36.8 Å². The molecule has 2 saturated carbocycles. The number of anilines is 1. The Kier molecular flexibility index (Phi) is 5.48. The number of amides is 2. The van der Waals surface area contributed by atoms with Crippen molar-refractivity contribution < 1.29 is 14.4 Å². The van der Waals surface area contributed by atoms with E-state index in [1.54, 1.807) is 29.2 Å². The number of carbonyl (C=O) groups excluding carboxylic acids is 3. The monoisotopic (exact) mass is 444 g/mol. The maximum Gasteiger partial charge on any atom is 0.243 e. The second kappa shape index (κ2) is 8.46. The van der Waals surface area contributed by atoms with Crippen LogP contribution >= 0.6 is 0 Å². The zero-order valence-electron chi connectivity index (χ0n) is 18.6. The second-order valence-electron chi connectivity index (χ2n) is 9.35. The van der Waals surface area contributed by atoms with Gasteiger partial charge in [-0.05, 0) is 36.3 Å². The molecule has 7 nitrogen and oxygen atoms in total. The molecule has 2 aromatic rings. The number of Topliss-reactive ketones (excluding diaryl/α,β-unsaturated/α-hetero) is 1. The normalized spacial score (nSPS) is 26.8. The van der Waals surface area contributed by atoms with Crippen LogP contribution in [-0.2, 0) is 14.4 Å². The van der Waals surface area contributed by atoms with Gasteiger partial charge in [0.25, 0.3) is 0 Å². The van der Waals surface area contributed by atoms with Crippen LogP contribution in [0, 0.1) is 17.2 Å². The number of benzene rings is 2. The van der Waals surface area contributed by atoms with Crippen LogP contribution in [0.5, 0.6) is 0 Å². The Labute approximate surface area is 193 Å². The Balaban J connectivity index is 1.21.